The molecule has 0 saturated heterocycles. The highest BCUT2D eigenvalue weighted by atomic mass is 19.3. The van der Waals surface area contributed by atoms with Crippen LogP contribution < -0.4 is 0 Å². The molecular formula is C36H40F6O. The van der Waals surface area contributed by atoms with E-state index in [1.54, 1.807) is 6.07 Å². The van der Waals surface area contributed by atoms with E-state index in [9.17, 15) is 17.6 Å². The Bertz CT molecular complexity index is 1330. The van der Waals surface area contributed by atoms with Crippen LogP contribution in [0.3, 0.4) is 0 Å². The highest BCUT2D eigenvalue weighted by molar-refractivity contribution is 5.71. The molecule has 2 saturated carbocycles. The summed E-state index contributed by atoms with van der Waals surface area (Å²) in [6, 6.07) is 13.6. The van der Waals surface area contributed by atoms with Crippen LogP contribution in [-0.4, -0.2) is 12.2 Å². The molecule has 3 aromatic rings. The first-order valence-electron chi connectivity index (χ1n) is 15.7. The molecule has 2 aliphatic carbocycles. The van der Waals surface area contributed by atoms with Gasteiger partial charge in [0.1, 0.15) is 5.82 Å². The third-order valence-electron chi connectivity index (χ3n) is 9.52. The van der Waals surface area contributed by atoms with Gasteiger partial charge in [-0.3, -0.25) is 0 Å². The van der Waals surface area contributed by atoms with E-state index in [1.807, 2.05) is 24.3 Å². The molecule has 7 heteroatoms. The molecule has 0 atom stereocenters. The van der Waals surface area contributed by atoms with Gasteiger partial charge in [0.2, 0.25) is 0 Å². The van der Waals surface area contributed by atoms with Gasteiger partial charge >= 0.3 is 6.11 Å². The predicted molar refractivity (Wildman–Crippen MR) is 158 cm³/mol. The van der Waals surface area contributed by atoms with Crippen LogP contribution >= 0.6 is 0 Å². The predicted octanol–water partition coefficient (Wildman–Crippen LogP) is 11.6. The summed E-state index contributed by atoms with van der Waals surface area (Å²) in [6.45, 7) is 2.18. The van der Waals surface area contributed by atoms with Crippen molar-refractivity contribution in [3.05, 3.63) is 83.4 Å². The highest BCUT2D eigenvalue weighted by Gasteiger charge is 2.44. The maximum Gasteiger partial charge on any atom is 0.358 e. The summed E-state index contributed by atoms with van der Waals surface area (Å²) in [7, 11) is 0. The lowest BCUT2D eigenvalue weighted by atomic mass is 9.79. The number of alkyl halides is 2. The number of rotatable bonds is 10. The van der Waals surface area contributed by atoms with Crippen LogP contribution in [-0.2, 0) is 4.74 Å². The Hall–Kier alpha value is -2.80. The second-order valence-electron chi connectivity index (χ2n) is 12.4. The van der Waals surface area contributed by atoms with Gasteiger partial charge in [-0.2, -0.15) is 8.78 Å². The molecule has 232 valence electrons. The molecule has 5 rings (SSSR count). The molecule has 0 aromatic heterocycles. The largest absolute Gasteiger partial charge is 0.358 e. The van der Waals surface area contributed by atoms with E-state index < -0.39 is 41.4 Å². The number of halogens is 6. The van der Waals surface area contributed by atoms with Crippen molar-refractivity contribution >= 4 is 0 Å². The molecule has 0 heterocycles. The first kappa shape index (κ1) is 31.6. The van der Waals surface area contributed by atoms with E-state index in [1.165, 1.54) is 31.4 Å². The second-order valence-corrected chi connectivity index (χ2v) is 12.4. The molecule has 0 aliphatic heterocycles. The van der Waals surface area contributed by atoms with Crippen LogP contribution in [0.25, 0.3) is 22.3 Å². The van der Waals surface area contributed by atoms with Crippen LogP contribution in [0.1, 0.15) is 95.5 Å². The Kier molecular flexibility index (Phi) is 10.2. The van der Waals surface area contributed by atoms with Crippen LogP contribution in [0.2, 0.25) is 0 Å². The number of hydrogen-bond acceptors (Lipinski definition) is 1. The van der Waals surface area contributed by atoms with Crippen molar-refractivity contribution in [1.82, 2.24) is 0 Å². The lowest BCUT2D eigenvalue weighted by molar-refractivity contribution is -0.301. The zero-order valence-electron chi connectivity index (χ0n) is 24.7. The minimum absolute atomic E-state index is 0.0298. The van der Waals surface area contributed by atoms with Gasteiger partial charge in [0.25, 0.3) is 0 Å². The van der Waals surface area contributed by atoms with Crippen molar-refractivity contribution in [3.8, 4) is 22.3 Å². The van der Waals surface area contributed by atoms with Gasteiger partial charge in [0.05, 0.1) is 12.0 Å². The van der Waals surface area contributed by atoms with Crippen molar-refractivity contribution < 1.29 is 31.1 Å². The summed E-state index contributed by atoms with van der Waals surface area (Å²) in [5.74, 6) is -4.89. The third kappa shape index (κ3) is 7.65. The van der Waals surface area contributed by atoms with Gasteiger partial charge in [0.15, 0.2) is 17.5 Å². The van der Waals surface area contributed by atoms with Crippen LogP contribution in [0.5, 0.6) is 0 Å². The standard InChI is InChI=1S/C36H40F6O/c1-2-3-4-5-23-6-15-29(16-7-23)36(41,42)43-30-17-12-25(13-18-30)24-8-10-26(11-9-24)27-14-19-31(32(37)20-27)28-21-33(38)35(40)34(39)22-28/h8-11,14,19-23,25,29-30H,2-7,12-13,15-18H2,1H3. The normalized spacial score (nSPS) is 23.0. The number of unbranched alkanes of at least 4 members (excludes halogenated alkanes) is 2. The lowest BCUT2D eigenvalue weighted by Gasteiger charge is -2.37. The quantitative estimate of drug-likeness (QED) is 0.127. The molecule has 1 nitrogen and oxygen atoms in total. The van der Waals surface area contributed by atoms with Gasteiger partial charge in [-0.25, -0.2) is 17.6 Å². The van der Waals surface area contributed by atoms with Gasteiger partial charge in [0, 0.05) is 5.56 Å². The maximum absolute atomic E-state index is 15.1. The Morgan fingerprint density at radius 1 is 0.674 bits per heavy atom. The SMILES string of the molecule is CCCCCC1CCC(C(F)(F)OC2CCC(c3ccc(-c4ccc(-c5cc(F)c(F)c(F)c5)c(F)c4)cc3)CC2)CC1. The molecule has 0 spiro atoms. The van der Waals surface area contributed by atoms with Crippen LogP contribution in [0.15, 0.2) is 54.6 Å². The molecule has 2 fully saturated rings. The zero-order valence-corrected chi connectivity index (χ0v) is 24.7. The van der Waals surface area contributed by atoms with E-state index in [4.69, 9.17) is 4.74 Å². The number of hydrogen-bond donors (Lipinski definition) is 0. The summed E-state index contributed by atoms with van der Waals surface area (Å²) in [5, 5.41) is 0. The van der Waals surface area contributed by atoms with E-state index in [-0.39, 0.29) is 17.0 Å². The average Bonchev–Trinajstić information content (AvgIpc) is 3.00. The summed E-state index contributed by atoms with van der Waals surface area (Å²) in [6.07, 6.45) is 6.79. The fourth-order valence-electron chi connectivity index (χ4n) is 6.89. The molecular weight excluding hydrogens is 562 g/mol. The minimum Gasteiger partial charge on any atom is -0.317 e. The molecule has 0 N–H and O–H groups in total. The molecule has 43 heavy (non-hydrogen) atoms. The summed E-state index contributed by atoms with van der Waals surface area (Å²) in [4.78, 5) is 0. The molecule has 0 radical (unpaired) electrons. The Morgan fingerprint density at radius 3 is 1.88 bits per heavy atom. The first-order valence-corrected chi connectivity index (χ1v) is 15.7. The van der Waals surface area contributed by atoms with Gasteiger partial charge in [-0.05, 0) is 104 Å². The average molecular weight is 603 g/mol. The monoisotopic (exact) mass is 602 g/mol. The summed E-state index contributed by atoms with van der Waals surface area (Å²) < 4.78 is 91.0. The third-order valence-corrected chi connectivity index (χ3v) is 9.52. The lowest BCUT2D eigenvalue weighted by Crippen LogP contribution is -2.39. The molecule has 3 aromatic carbocycles. The Morgan fingerprint density at radius 2 is 1.28 bits per heavy atom. The maximum atomic E-state index is 15.1. The van der Waals surface area contributed by atoms with Gasteiger partial charge < -0.3 is 4.74 Å². The van der Waals surface area contributed by atoms with Crippen molar-refractivity contribution in [2.24, 2.45) is 11.8 Å². The Labute approximate surface area is 250 Å². The van der Waals surface area contributed by atoms with E-state index >= 15 is 8.78 Å². The molecule has 0 unspecified atom stereocenters. The topological polar surface area (TPSA) is 9.23 Å². The van der Waals surface area contributed by atoms with E-state index in [2.05, 4.69) is 6.92 Å². The minimum atomic E-state index is -3.07. The molecule has 0 bridgehead atoms. The second kappa shape index (κ2) is 13.9. The Balaban J connectivity index is 1.13. The number of benzene rings is 3. The number of ether oxygens (including phenoxy) is 1. The highest BCUT2D eigenvalue weighted by Crippen LogP contribution is 2.44. The molecule has 2 aliphatic rings. The van der Waals surface area contributed by atoms with Crippen LogP contribution in [0, 0.1) is 35.1 Å². The van der Waals surface area contributed by atoms with E-state index in [0.29, 0.717) is 37.2 Å². The summed E-state index contributed by atoms with van der Waals surface area (Å²) in [5.41, 5.74) is 2.34. The summed E-state index contributed by atoms with van der Waals surface area (Å²) >= 11 is 0. The van der Waals surface area contributed by atoms with Crippen LogP contribution in [0.4, 0.5) is 26.3 Å². The molecule has 0 amide bonds. The van der Waals surface area contributed by atoms with E-state index in [0.717, 1.165) is 55.4 Å². The first-order chi connectivity index (χ1) is 20.6. The van der Waals surface area contributed by atoms with Crippen molar-refractivity contribution in [1.29, 1.82) is 0 Å². The zero-order chi connectivity index (χ0) is 30.6. The van der Waals surface area contributed by atoms with Crippen molar-refractivity contribution in [2.45, 2.75) is 102 Å². The fourth-order valence-corrected chi connectivity index (χ4v) is 6.89. The van der Waals surface area contributed by atoms with Gasteiger partial charge in [-0.15, -0.1) is 0 Å². The van der Waals surface area contributed by atoms with Crippen molar-refractivity contribution in [2.75, 3.05) is 0 Å². The smallest absolute Gasteiger partial charge is 0.317 e. The van der Waals surface area contributed by atoms with Crippen molar-refractivity contribution in [3.63, 3.8) is 0 Å². The van der Waals surface area contributed by atoms with Gasteiger partial charge in [-0.1, -0.05) is 69.0 Å². The fraction of sp³-hybridized carbons (Fsp3) is 0.500.